The summed E-state index contributed by atoms with van der Waals surface area (Å²) in [5, 5.41) is 14.0. The summed E-state index contributed by atoms with van der Waals surface area (Å²) in [7, 11) is 2.11. The second-order valence-corrected chi connectivity index (χ2v) is 7.04. The summed E-state index contributed by atoms with van der Waals surface area (Å²) in [6, 6.07) is 6.17. The maximum absolute atomic E-state index is 10.7. The van der Waals surface area contributed by atoms with Crippen LogP contribution in [0.4, 0.5) is 5.69 Å². The number of nitrogens with zero attached hydrogens (tertiary/aromatic N) is 1. The Morgan fingerprint density at radius 2 is 2.00 bits per heavy atom. The van der Waals surface area contributed by atoms with Gasteiger partial charge in [0.25, 0.3) is 0 Å². The SMILES string of the molecule is CC(C)C1CN(C)c2cc(C(O)C3CCNCC3)ccc2O1. The number of nitrogens with one attached hydrogen (secondary N) is 1. The zero-order valence-corrected chi connectivity index (χ0v) is 13.9. The van der Waals surface area contributed by atoms with Gasteiger partial charge in [-0.15, -0.1) is 0 Å². The second-order valence-electron chi connectivity index (χ2n) is 7.04. The zero-order valence-electron chi connectivity index (χ0n) is 13.9. The fraction of sp³-hybridized carbons (Fsp3) is 0.667. The summed E-state index contributed by atoms with van der Waals surface area (Å²) in [4.78, 5) is 2.25. The van der Waals surface area contributed by atoms with E-state index in [4.69, 9.17) is 4.74 Å². The number of rotatable bonds is 3. The van der Waals surface area contributed by atoms with Crippen molar-refractivity contribution in [2.75, 3.05) is 31.6 Å². The third-order valence-electron chi connectivity index (χ3n) is 5.04. The minimum absolute atomic E-state index is 0.234. The van der Waals surface area contributed by atoms with Crippen molar-refractivity contribution >= 4 is 5.69 Å². The summed E-state index contributed by atoms with van der Waals surface area (Å²) < 4.78 is 6.11. The number of hydrogen-bond acceptors (Lipinski definition) is 4. The predicted molar refractivity (Wildman–Crippen MR) is 89.5 cm³/mol. The Balaban J connectivity index is 1.80. The standard InChI is InChI=1S/C18H28N2O2/c1-12(2)17-11-20(3)15-10-14(4-5-16(15)22-17)18(21)13-6-8-19-9-7-13/h4-5,10,12-13,17-19,21H,6-9,11H2,1-3H3. The van der Waals surface area contributed by atoms with Crippen LogP contribution in [-0.2, 0) is 0 Å². The third-order valence-corrected chi connectivity index (χ3v) is 5.04. The number of likely N-dealkylation sites (N-methyl/N-ethyl adjacent to an activating group) is 1. The minimum atomic E-state index is -0.372. The molecule has 1 saturated heterocycles. The van der Waals surface area contributed by atoms with Gasteiger partial charge in [0.15, 0.2) is 0 Å². The molecule has 1 aromatic carbocycles. The monoisotopic (exact) mass is 304 g/mol. The Labute approximate surface area is 133 Å². The Morgan fingerprint density at radius 3 is 2.68 bits per heavy atom. The lowest BCUT2D eigenvalue weighted by Crippen LogP contribution is -2.40. The molecule has 4 heteroatoms. The highest BCUT2D eigenvalue weighted by Crippen LogP contribution is 2.38. The lowest BCUT2D eigenvalue weighted by molar-refractivity contribution is 0.0886. The second kappa shape index (κ2) is 6.47. The van der Waals surface area contributed by atoms with Gasteiger partial charge in [0, 0.05) is 7.05 Å². The van der Waals surface area contributed by atoms with E-state index in [1.165, 1.54) is 0 Å². The highest BCUT2D eigenvalue weighted by molar-refractivity contribution is 5.61. The van der Waals surface area contributed by atoms with Crippen molar-refractivity contribution in [1.82, 2.24) is 5.32 Å². The number of aliphatic hydroxyl groups is 1. The Hall–Kier alpha value is -1.26. The highest BCUT2D eigenvalue weighted by atomic mass is 16.5. The van der Waals surface area contributed by atoms with Gasteiger partial charge in [-0.05, 0) is 55.5 Å². The van der Waals surface area contributed by atoms with E-state index >= 15 is 0 Å². The van der Waals surface area contributed by atoms with Crippen LogP contribution >= 0.6 is 0 Å². The zero-order chi connectivity index (χ0) is 15.7. The lowest BCUT2D eigenvalue weighted by Gasteiger charge is -2.36. The van der Waals surface area contributed by atoms with Crippen molar-refractivity contribution in [3.63, 3.8) is 0 Å². The topological polar surface area (TPSA) is 44.7 Å². The molecular weight excluding hydrogens is 276 g/mol. The average Bonchev–Trinajstić information content (AvgIpc) is 2.54. The van der Waals surface area contributed by atoms with Gasteiger partial charge in [-0.2, -0.15) is 0 Å². The van der Waals surface area contributed by atoms with Gasteiger partial charge >= 0.3 is 0 Å². The van der Waals surface area contributed by atoms with Crippen molar-refractivity contribution in [2.45, 2.75) is 38.9 Å². The normalized spacial score (nSPS) is 24.0. The molecule has 0 radical (unpaired) electrons. The summed E-state index contributed by atoms with van der Waals surface area (Å²) in [6.45, 7) is 7.30. The smallest absolute Gasteiger partial charge is 0.143 e. The van der Waals surface area contributed by atoms with E-state index in [1.54, 1.807) is 0 Å². The summed E-state index contributed by atoms with van der Waals surface area (Å²) >= 11 is 0. The van der Waals surface area contributed by atoms with Crippen molar-refractivity contribution in [1.29, 1.82) is 0 Å². The van der Waals surface area contributed by atoms with E-state index in [0.29, 0.717) is 11.8 Å². The molecule has 2 heterocycles. The molecule has 0 aliphatic carbocycles. The van der Waals surface area contributed by atoms with E-state index in [1.807, 2.05) is 12.1 Å². The molecule has 0 bridgehead atoms. The first-order valence-corrected chi connectivity index (χ1v) is 8.47. The molecule has 0 spiro atoms. The first-order chi connectivity index (χ1) is 10.6. The number of benzene rings is 1. The van der Waals surface area contributed by atoms with E-state index in [2.05, 4.69) is 37.2 Å². The third kappa shape index (κ3) is 3.08. The molecule has 122 valence electrons. The van der Waals surface area contributed by atoms with Crippen LogP contribution in [0.15, 0.2) is 18.2 Å². The molecule has 1 aromatic rings. The van der Waals surface area contributed by atoms with Crippen LogP contribution in [0, 0.1) is 11.8 Å². The summed E-state index contributed by atoms with van der Waals surface area (Å²) in [5.74, 6) is 1.79. The van der Waals surface area contributed by atoms with Crippen molar-refractivity contribution in [3.8, 4) is 5.75 Å². The minimum Gasteiger partial charge on any atom is -0.486 e. The molecule has 2 atom stereocenters. The van der Waals surface area contributed by atoms with Gasteiger partial charge in [0.1, 0.15) is 11.9 Å². The van der Waals surface area contributed by atoms with Crippen molar-refractivity contribution < 1.29 is 9.84 Å². The van der Waals surface area contributed by atoms with E-state index < -0.39 is 0 Å². The number of anilines is 1. The van der Waals surface area contributed by atoms with E-state index in [-0.39, 0.29) is 12.2 Å². The Kier molecular flexibility index (Phi) is 4.59. The molecule has 0 aromatic heterocycles. The van der Waals surface area contributed by atoms with Crippen LogP contribution in [0.1, 0.15) is 38.4 Å². The first kappa shape index (κ1) is 15.6. The maximum Gasteiger partial charge on any atom is 0.143 e. The largest absolute Gasteiger partial charge is 0.486 e. The molecular formula is C18H28N2O2. The molecule has 2 aliphatic rings. The summed E-state index contributed by atoms with van der Waals surface area (Å²) in [6.07, 6.45) is 1.95. The van der Waals surface area contributed by atoms with Crippen LogP contribution in [0.5, 0.6) is 5.75 Å². The van der Waals surface area contributed by atoms with Crippen LogP contribution in [0.2, 0.25) is 0 Å². The van der Waals surface area contributed by atoms with Gasteiger partial charge in [-0.1, -0.05) is 19.9 Å². The lowest BCUT2D eigenvalue weighted by atomic mass is 9.88. The van der Waals surface area contributed by atoms with Crippen molar-refractivity contribution in [3.05, 3.63) is 23.8 Å². The van der Waals surface area contributed by atoms with Crippen LogP contribution in [0.3, 0.4) is 0 Å². The quantitative estimate of drug-likeness (QED) is 0.901. The molecule has 4 nitrogen and oxygen atoms in total. The number of hydrogen-bond donors (Lipinski definition) is 2. The molecule has 0 amide bonds. The number of ether oxygens (including phenoxy) is 1. The first-order valence-electron chi connectivity index (χ1n) is 8.47. The van der Waals surface area contributed by atoms with Crippen LogP contribution < -0.4 is 15.0 Å². The van der Waals surface area contributed by atoms with E-state index in [0.717, 1.165) is 49.5 Å². The number of aliphatic hydroxyl groups excluding tert-OH is 1. The maximum atomic E-state index is 10.7. The molecule has 2 N–H and O–H groups in total. The van der Waals surface area contributed by atoms with E-state index in [9.17, 15) is 5.11 Å². The van der Waals surface area contributed by atoms with Crippen molar-refractivity contribution in [2.24, 2.45) is 11.8 Å². The molecule has 22 heavy (non-hydrogen) atoms. The molecule has 2 unspecified atom stereocenters. The molecule has 0 saturated carbocycles. The average molecular weight is 304 g/mol. The fourth-order valence-corrected chi connectivity index (χ4v) is 3.46. The molecule has 3 rings (SSSR count). The molecule has 2 aliphatic heterocycles. The van der Waals surface area contributed by atoms with Crippen LogP contribution in [-0.4, -0.2) is 37.9 Å². The number of fused-ring (bicyclic) bond motifs is 1. The summed E-state index contributed by atoms with van der Waals surface area (Å²) in [5.41, 5.74) is 2.12. The Bertz CT molecular complexity index is 512. The highest BCUT2D eigenvalue weighted by Gasteiger charge is 2.28. The number of piperidine rings is 1. The predicted octanol–water partition coefficient (Wildman–Crippen LogP) is 2.57. The fourth-order valence-electron chi connectivity index (χ4n) is 3.46. The van der Waals surface area contributed by atoms with Gasteiger partial charge in [0.05, 0.1) is 18.3 Å². The van der Waals surface area contributed by atoms with Gasteiger partial charge in [0.2, 0.25) is 0 Å². The van der Waals surface area contributed by atoms with Gasteiger partial charge in [-0.3, -0.25) is 0 Å². The Morgan fingerprint density at radius 1 is 1.27 bits per heavy atom. The van der Waals surface area contributed by atoms with Gasteiger partial charge in [-0.25, -0.2) is 0 Å². The van der Waals surface area contributed by atoms with Crippen LogP contribution in [0.25, 0.3) is 0 Å². The molecule has 1 fully saturated rings. The van der Waals surface area contributed by atoms with Gasteiger partial charge < -0.3 is 20.1 Å².